The van der Waals surface area contributed by atoms with Crippen molar-refractivity contribution in [3.63, 3.8) is 0 Å². The number of hydrogen-bond acceptors (Lipinski definition) is 4. The maximum absolute atomic E-state index is 12.4. The molecule has 0 heterocycles. The van der Waals surface area contributed by atoms with Crippen LogP contribution in [-0.2, 0) is 16.0 Å². The highest BCUT2D eigenvalue weighted by Crippen LogP contribution is 2.18. The van der Waals surface area contributed by atoms with E-state index in [1.54, 1.807) is 30.3 Å². The number of rotatable bonds is 7. The smallest absolute Gasteiger partial charge is 0.266 e. The van der Waals surface area contributed by atoms with Crippen molar-refractivity contribution >= 4 is 23.6 Å². The molecule has 0 saturated heterocycles. The van der Waals surface area contributed by atoms with Crippen molar-refractivity contribution in [3.8, 4) is 11.8 Å². The topological polar surface area (TPSA) is 105 Å². The quantitative estimate of drug-likeness (QED) is 0.592. The molecule has 0 aromatic heterocycles. The summed E-state index contributed by atoms with van der Waals surface area (Å²) in [7, 11) is 0. The van der Waals surface area contributed by atoms with E-state index in [0.29, 0.717) is 17.0 Å². The summed E-state index contributed by atoms with van der Waals surface area (Å²) in [6, 6.07) is 16.0. The zero-order chi connectivity index (χ0) is 18.9. The third-order valence-corrected chi connectivity index (χ3v) is 3.58. The van der Waals surface area contributed by atoms with E-state index in [1.165, 1.54) is 6.08 Å². The van der Waals surface area contributed by atoms with Crippen LogP contribution in [0.1, 0.15) is 18.1 Å². The average Bonchev–Trinajstić information content (AvgIpc) is 2.65. The number of benzene rings is 2. The molecule has 0 aliphatic carbocycles. The molecule has 0 atom stereocenters. The fourth-order valence-electron chi connectivity index (χ4n) is 2.27. The zero-order valence-corrected chi connectivity index (χ0v) is 14.4. The predicted octanol–water partition coefficient (Wildman–Crippen LogP) is 2.66. The first-order valence-electron chi connectivity index (χ1n) is 8.05. The normalized spacial score (nSPS) is 10.7. The van der Waals surface area contributed by atoms with Crippen LogP contribution in [-0.4, -0.2) is 18.4 Å². The highest BCUT2D eigenvalue weighted by atomic mass is 16.5. The minimum absolute atomic E-state index is 0.0123. The number of carbonyl (C=O) groups is 2. The summed E-state index contributed by atoms with van der Waals surface area (Å²) < 4.78 is 5.17. The number of nitrogens with zero attached hydrogens (tertiary/aromatic N) is 1. The van der Waals surface area contributed by atoms with Crippen molar-refractivity contribution in [2.45, 2.75) is 13.3 Å². The second-order valence-electron chi connectivity index (χ2n) is 5.46. The maximum Gasteiger partial charge on any atom is 0.266 e. The molecule has 0 aliphatic rings. The lowest BCUT2D eigenvalue weighted by Crippen LogP contribution is -2.19. The summed E-state index contributed by atoms with van der Waals surface area (Å²) in [4.78, 5) is 23.1. The average molecular weight is 349 g/mol. The number of amides is 2. The third-order valence-electron chi connectivity index (χ3n) is 3.58. The van der Waals surface area contributed by atoms with Crippen LogP contribution in [0.2, 0.25) is 0 Å². The molecule has 2 aromatic rings. The van der Waals surface area contributed by atoms with Gasteiger partial charge in [0.25, 0.3) is 11.8 Å². The van der Waals surface area contributed by atoms with Crippen LogP contribution in [0.25, 0.3) is 6.08 Å². The fourth-order valence-corrected chi connectivity index (χ4v) is 2.27. The Morgan fingerprint density at radius 1 is 1.19 bits per heavy atom. The molecule has 0 aliphatic heterocycles. The monoisotopic (exact) mass is 349 g/mol. The molecule has 0 saturated carbocycles. The molecule has 0 bridgehead atoms. The Hall–Kier alpha value is -3.59. The molecule has 2 amide bonds. The Morgan fingerprint density at radius 3 is 2.50 bits per heavy atom. The van der Waals surface area contributed by atoms with Crippen LogP contribution in [0.3, 0.4) is 0 Å². The summed E-state index contributed by atoms with van der Waals surface area (Å²) in [6.07, 6.45) is 2.26. The molecule has 132 valence electrons. The van der Waals surface area contributed by atoms with Crippen molar-refractivity contribution in [1.29, 1.82) is 5.26 Å². The Bertz CT molecular complexity index is 865. The van der Waals surface area contributed by atoms with Crippen LogP contribution < -0.4 is 15.8 Å². The molecule has 0 fully saturated rings. The number of hydrogen-bond donors (Lipinski definition) is 2. The zero-order valence-electron chi connectivity index (χ0n) is 14.4. The first-order chi connectivity index (χ1) is 12.5. The van der Waals surface area contributed by atoms with Gasteiger partial charge in [0.05, 0.1) is 0 Å². The van der Waals surface area contributed by atoms with Gasteiger partial charge in [0.1, 0.15) is 17.4 Å². The van der Waals surface area contributed by atoms with Gasteiger partial charge in [0.15, 0.2) is 6.61 Å². The van der Waals surface area contributed by atoms with Crippen LogP contribution in [0.5, 0.6) is 5.75 Å². The summed E-state index contributed by atoms with van der Waals surface area (Å²) in [5.74, 6) is -0.562. The van der Waals surface area contributed by atoms with Gasteiger partial charge < -0.3 is 15.8 Å². The number of aryl methyl sites for hydroxylation is 1. The van der Waals surface area contributed by atoms with E-state index >= 15 is 0 Å². The number of ether oxygens (including phenoxy) is 1. The van der Waals surface area contributed by atoms with Gasteiger partial charge in [0.2, 0.25) is 0 Å². The van der Waals surface area contributed by atoms with Gasteiger partial charge in [-0.15, -0.1) is 0 Å². The number of anilines is 1. The molecule has 3 N–H and O–H groups in total. The van der Waals surface area contributed by atoms with E-state index in [9.17, 15) is 14.9 Å². The highest BCUT2D eigenvalue weighted by molar-refractivity contribution is 6.09. The van der Waals surface area contributed by atoms with Gasteiger partial charge in [-0.3, -0.25) is 9.59 Å². The molecule has 2 aromatic carbocycles. The fraction of sp³-hybridized carbons (Fsp3) is 0.150. The third kappa shape index (κ3) is 5.21. The Kier molecular flexibility index (Phi) is 6.52. The first-order valence-corrected chi connectivity index (χ1v) is 8.05. The van der Waals surface area contributed by atoms with Gasteiger partial charge in [-0.2, -0.15) is 5.26 Å². The summed E-state index contributed by atoms with van der Waals surface area (Å²) >= 11 is 0. The van der Waals surface area contributed by atoms with Gasteiger partial charge in [0, 0.05) is 5.69 Å². The van der Waals surface area contributed by atoms with Crippen LogP contribution in [0, 0.1) is 11.3 Å². The SMILES string of the molecule is CCc1ccccc1NC(=O)C(C#N)=Cc1ccc(OCC(N)=O)cc1. The van der Waals surface area contributed by atoms with Crippen molar-refractivity contribution in [3.05, 3.63) is 65.2 Å². The standard InChI is InChI=1S/C20H19N3O3/c1-2-15-5-3-4-6-18(15)23-20(25)16(12-21)11-14-7-9-17(10-8-14)26-13-19(22)24/h3-11H,2,13H2,1H3,(H2,22,24)(H,23,25). The van der Waals surface area contributed by atoms with Crippen molar-refractivity contribution < 1.29 is 14.3 Å². The minimum Gasteiger partial charge on any atom is -0.484 e. The molecule has 6 heteroatoms. The van der Waals surface area contributed by atoms with Crippen LogP contribution in [0.4, 0.5) is 5.69 Å². The second kappa shape index (κ2) is 9.04. The Labute approximate surface area is 151 Å². The number of nitrogens with two attached hydrogens (primary N) is 1. The van der Waals surface area contributed by atoms with Crippen molar-refractivity contribution in [2.75, 3.05) is 11.9 Å². The van der Waals surface area contributed by atoms with Crippen LogP contribution in [0.15, 0.2) is 54.1 Å². The molecule has 0 radical (unpaired) electrons. The van der Waals surface area contributed by atoms with Gasteiger partial charge in [-0.25, -0.2) is 0 Å². The second-order valence-corrected chi connectivity index (χ2v) is 5.46. The Morgan fingerprint density at radius 2 is 1.88 bits per heavy atom. The highest BCUT2D eigenvalue weighted by Gasteiger charge is 2.11. The van der Waals surface area contributed by atoms with Crippen molar-refractivity contribution in [1.82, 2.24) is 0 Å². The first kappa shape index (κ1) is 18.7. The summed E-state index contributed by atoms with van der Waals surface area (Å²) in [5.41, 5.74) is 7.35. The van der Waals surface area contributed by atoms with Gasteiger partial charge >= 0.3 is 0 Å². The number of nitrogens with one attached hydrogen (secondary N) is 1. The Balaban J connectivity index is 2.12. The largest absolute Gasteiger partial charge is 0.484 e. The lowest BCUT2D eigenvalue weighted by atomic mass is 10.1. The number of carbonyl (C=O) groups excluding carboxylic acids is 2. The summed E-state index contributed by atoms with van der Waals surface area (Å²) in [5, 5.41) is 12.1. The molecule has 2 rings (SSSR count). The molecular formula is C20H19N3O3. The van der Waals surface area contributed by atoms with E-state index in [4.69, 9.17) is 10.5 Å². The van der Waals surface area contributed by atoms with E-state index in [1.807, 2.05) is 31.2 Å². The van der Waals surface area contributed by atoms with Crippen molar-refractivity contribution in [2.24, 2.45) is 5.73 Å². The lowest BCUT2D eigenvalue weighted by molar-refractivity contribution is -0.120. The molecule has 0 spiro atoms. The van der Waals surface area contributed by atoms with Gasteiger partial charge in [-0.05, 0) is 41.8 Å². The van der Waals surface area contributed by atoms with E-state index in [-0.39, 0.29) is 12.2 Å². The van der Waals surface area contributed by atoms with E-state index < -0.39 is 11.8 Å². The van der Waals surface area contributed by atoms with E-state index in [2.05, 4.69) is 5.32 Å². The maximum atomic E-state index is 12.4. The minimum atomic E-state index is -0.565. The predicted molar refractivity (Wildman–Crippen MR) is 99.2 cm³/mol. The molecule has 26 heavy (non-hydrogen) atoms. The number of para-hydroxylation sites is 1. The molecule has 0 unspecified atom stereocenters. The summed E-state index contributed by atoms with van der Waals surface area (Å²) in [6.45, 7) is 1.78. The molecule has 6 nitrogen and oxygen atoms in total. The van der Waals surface area contributed by atoms with Crippen LogP contribution >= 0.6 is 0 Å². The molecular weight excluding hydrogens is 330 g/mol. The van der Waals surface area contributed by atoms with E-state index in [0.717, 1.165) is 12.0 Å². The number of primary amides is 1. The number of nitriles is 1. The van der Waals surface area contributed by atoms with Gasteiger partial charge in [-0.1, -0.05) is 37.3 Å². The lowest BCUT2D eigenvalue weighted by Gasteiger charge is -2.09.